The summed E-state index contributed by atoms with van der Waals surface area (Å²) in [7, 11) is 0. The zero-order valence-electron chi connectivity index (χ0n) is 8.48. The smallest absolute Gasteiger partial charge is 0.185 e. The minimum atomic E-state index is -1.30. The lowest BCUT2D eigenvalue weighted by atomic mass is 10.1. The maximum Gasteiger partial charge on any atom is 0.185 e. The Balaban J connectivity index is 2.58. The van der Waals surface area contributed by atoms with Crippen molar-refractivity contribution in [2.24, 2.45) is 0 Å². The van der Waals surface area contributed by atoms with Crippen LogP contribution >= 0.6 is 15.9 Å². The number of aldehydes is 1. The van der Waals surface area contributed by atoms with Crippen molar-refractivity contribution in [1.29, 1.82) is 0 Å². The Hall–Kier alpha value is -1.88. The van der Waals surface area contributed by atoms with Gasteiger partial charge < -0.3 is 14.3 Å². The van der Waals surface area contributed by atoms with Gasteiger partial charge in [-0.1, -0.05) is 15.9 Å². The van der Waals surface area contributed by atoms with Crippen LogP contribution in [0.2, 0.25) is 0 Å². The van der Waals surface area contributed by atoms with E-state index in [1.54, 1.807) is 18.2 Å². The van der Waals surface area contributed by atoms with E-state index >= 15 is 0 Å². The molecule has 0 bridgehead atoms. The Morgan fingerprint density at radius 2 is 2.06 bits per heavy atom. The second-order valence-corrected chi connectivity index (χ2v) is 4.21. The van der Waals surface area contributed by atoms with Gasteiger partial charge in [-0.15, -0.1) is 0 Å². The highest BCUT2D eigenvalue weighted by molar-refractivity contribution is 9.10. The van der Waals surface area contributed by atoms with E-state index in [1.807, 2.05) is 0 Å². The molecule has 0 N–H and O–H groups in total. The first-order chi connectivity index (χ1) is 8.11. The minimum absolute atomic E-state index is 0.00572. The summed E-state index contributed by atoms with van der Waals surface area (Å²) >= 11 is 3.18. The van der Waals surface area contributed by atoms with Gasteiger partial charge in [-0.25, -0.2) is 0 Å². The van der Waals surface area contributed by atoms with E-state index in [1.165, 1.54) is 12.1 Å². The van der Waals surface area contributed by atoms with Gasteiger partial charge in [-0.3, -0.25) is 4.79 Å². The van der Waals surface area contributed by atoms with Crippen molar-refractivity contribution in [1.82, 2.24) is 0 Å². The van der Waals surface area contributed by atoms with Gasteiger partial charge in [0.1, 0.15) is 5.76 Å². The third kappa shape index (κ3) is 2.29. The first-order valence-electron chi connectivity index (χ1n) is 4.68. The SMILES string of the molecule is O=Cc1ccc(-c2ccc(Br)cc2C(=O)[O-])o1. The van der Waals surface area contributed by atoms with Crippen LogP contribution in [0.3, 0.4) is 0 Å². The molecule has 2 aromatic rings. The topological polar surface area (TPSA) is 70.3 Å². The molecule has 0 fully saturated rings. The molecule has 0 aliphatic heterocycles. The Labute approximate surface area is 105 Å². The first-order valence-corrected chi connectivity index (χ1v) is 5.47. The molecule has 5 heteroatoms. The van der Waals surface area contributed by atoms with Crippen LogP contribution in [-0.2, 0) is 0 Å². The molecule has 0 aliphatic carbocycles. The molecule has 0 unspecified atom stereocenters. The lowest BCUT2D eigenvalue weighted by Crippen LogP contribution is -2.23. The monoisotopic (exact) mass is 293 g/mol. The largest absolute Gasteiger partial charge is 0.545 e. The standard InChI is InChI=1S/C12H7BrO4/c13-7-1-3-9(10(5-7)12(15)16)11-4-2-8(6-14)17-11/h1-6H,(H,15,16)/p-1. The zero-order valence-corrected chi connectivity index (χ0v) is 10.1. The summed E-state index contributed by atoms with van der Waals surface area (Å²) in [6.07, 6.45) is 0.557. The summed E-state index contributed by atoms with van der Waals surface area (Å²) in [5.74, 6) is -0.837. The van der Waals surface area contributed by atoms with Crippen molar-refractivity contribution in [2.75, 3.05) is 0 Å². The van der Waals surface area contributed by atoms with Crippen molar-refractivity contribution in [2.45, 2.75) is 0 Å². The Kier molecular flexibility index (Phi) is 3.10. The Morgan fingerprint density at radius 1 is 1.29 bits per heavy atom. The number of carbonyl (C=O) groups excluding carboxylic acids is 2. The molecule has 0 spiro atoms. The highest BCUT2D eigenvalue weighted by atomic mass is 79.9. The van der Waals surface area contributed by atoms with Gasteiger partial charge in [-0.05, 0) is 30.3 Å². The fourth-order valence-corrected chi connectivity index (χ4v) is 1.82. The predicted molar refractivity (Wildman–Crippen MR) is 61.6 cm³/mol. The third-order valence-corrected chi connectivity index (χ3v) is 2.70. The van der Waals surface area contributed by atoms with Crippen LogP contribution < -0.4 is 5.11 Å². The second-order valence-electron chi connectivity index (χ2n) is 3.30. The average Bonchev–Trinajstić information content (AvgIpc) is 2.77. The molecule has 0 radical (unpaired) electrons. The molecule has 86 valence electrons. The molecule has 1 heterocycles. The molecule has 4 nitrogen and oxygen atoms in total. The van der Waals surface area contributed by atoms with Crippen molar-refractivity contribution in [3.8, 4) is 11.3 Å². The van der Waals surface area contributed by atoms with Crippen LogP contribution in [0, 0.1) is 0 Å². The zero-order chi connectivity index (χ0) is 12.4. The number of furan rings is 1. The average molecular weight is 294 g/mol. The highest BCUT2D eigenvalue weighted by Gasteiger charge is 2.10. The first kappa shape index (κ1) is 11.6. The summed E-state index contributed by atoms with van der Waals surface area (Å²) in [6, 6.07) is 7.71. The molecule has 0 atom stereocenters. The molecule has 1 aromatic carbocycles. The Morgan fingerprint density at radius 3 is 2.65 bits per heavy atom. The maximum atomic E-state index is 11.0. The molecule has 0 saturated carbocycles. The second kappa shape index (κ2) is 4.55. The van der Waals surface area contributed by atoms with Crippen molar-refractivity contribution >= 4 is 28.2 Å². The lowest BCUT2D eigenvalue weighted by molar-refractivity contribution is -0.254. The number of hydrogen-bond acceptors (Lipinski definition) is 4. The number of aromatic carboxylic acids is 1. The van der Waals surface area contributed by atoms with Crippen LogP contribution in [0.1, 0.15) is 20.9 Å². The number of rotatable bonds is 3. The van der Waals surface area contributed by atoms with Crippen LogP contribution in [0.4, 0.5) is 0 Å². The van der Waals surface area contributed by atoms with Gasteiger partial charge in [0.15, 0.2) is 12.0 Å². The minimum Gasteiger partial charge on any atom is -0.545 e. The number of carbonyl (C=O) groups is 2. The van der Waals surface area contributed by atoms with Gasteiger partial charge in [0.2, 0.25) is 0 Å². The molecule has 0 aliphatic rings. The van der Waals surface area contributed by atoms with Crippen molar-refractivity contribution < 1.29 is 19.1 Å². The van der Waals surface area contributed by atoms with Crippen molar-refractivity contribution in [3.05, 3.63) is 46.1 Å². The molecular weight excluding hydrogens is 288 g/mol. The van der Waals surface area contributed by atoms with Crippen LogP contribution in [-0.4, -0.2) is 12.3 Å². The van der Waals surface area contributed by atoms with E-state index in [0.717, 1.165) is 0 Å². The molecule has 17 heavy (non-hydrogen) atoms. The highest BCUT2D eigenvalue weighted by Crippen LogP contribution is 2.27. The van der Waals surface area contributed by atoms with Gasteiger partial charge >= 0.3 is 0 Å². The van der Waals surface area contributed by atoms with Crippen molar-refractivity contribution in [3.63, 3.8) is 0 Å². The van der Waals surface area contributed by atoms with Crippen LogP contribution in [0.15, 0.2) is 39.2 Å². The van der Waals surface area contributed by atoms with Gasteiger partial charge in [0.05, 0.1) is 5.97 Å². The van der Waals surface area contributed by atoms with Gasteiger partial charge in [0.25, 0.3) is 0 Å². The summed E-state index contributed by atoms with van der Waals surface area (Å²) in [6.45, 7) is 0. The fourth-order valence-electron chi connectivity index (χ4n) is 1.46. The molecule has 1 aromatic heterocycles. The van der Waals surface area contributed by atoms with E-state index in [2.05, 4.69) is 15.9 Å². The van der Waals surface area contributed by atoms with Crippen LogP contribution in [0.25, 0.3) is 11.3 Å². The maximum absolute atomic E-state index is 11.0. The molecule has 2 rings (SSSR count). The summed E-state index contributed by atoms with van der Waals surface area (Å²) in [4.78, 5) is 21.5. The molecule has 0 amide bonds. The fraction of sp³-hybridized carbons (Fsp3) is 0. The number of carboxylic acids is 1. The number of benzene rings is 1. The number of halogens is 1. The summed E-state index contributed by atoms with van der Waals surface area (Å²) < 4.78 is 5.80. The lowest BCUT2D eigenvalue weighted by Gasteiger charge is -2.08. The third-order valence-electron chi connectivity index (χ3n) is 2.21. The molecular formula is C12H6BrO4-. The molecule has 0 saturated heterocycles. The Bertz CT molecular complexity index is 586. The number of carboxylic acid groups (broad SMARTS) is 1. The normalized spacial score (nSPS) is 10.2. The van der Waals surface area contributed by atoms with E-state index in [4.69, 9.17) is 4.42 Å². The van der Waals surface area contributed by atoms with E-state index in [0.29, 0.717) is 22.1 Å². The summed E-state index contributed by atoms with van der Waals surface area (Å²) in [5, 5.41) is 11.0. The van der Waals surface area contributed by atoms with E-state index in [9.17, 15) is 14.7 Å². The quantitative estimate of drug-likeness (QED) is 0.810. The van der Waals surface area contributed by atoms with E-state index in [-0.39, 0.29) is 11.3 Å². The van der Waals surface area contributed by atoms with Gasteiger partial charge in [0, 0.05) is 15.6 Å². The number of hydrogen-bond donors (Lipinski definition) is 0. The van der Waals surface area contributed by atoms with Crippen LogP contribution in [0.5, 0.6) is 0 Å². The van der Waals surface area contributed by atoms with E-state index < -0.39 is 5.97 Å². The summed E-state index contributed by atoms with van der Waals surface area (Å²) in [5.41, 5.74) is 0.382. The van der Waals surface area contributed by atoms with Gasteiger partial charge in [-0.2, -0.15) is 0 Å². The predicted octanol–water partition coefficient (Wildman–Crippen LogP) is 1.89.